The van der Waals surface area contributed by atoms with Crippen LogP contribution in [-0.2, 0) is 4.74 Å². The summed E-state index contributed by atoms with van der Waals surface area (Å²) in [5.74, 6) is -0.657. The molecule has 1 fully saturated rings. The summed E-state index contributed by atoms with van der Waals surface area (Å²) < 4.78 is 38.5. The zero-order valence-electron chi connectivity index (χ0n) is 15.4. The minimum atomic E-state index is -1.57. The van der Waals surface area contributed by atoms with Crippen molar-refractivity contribution in [2.75, 3.05) is 18.1 Å². The Hall–Kier alpha value is -3.16. The van der Waals surface area contributed by atoms with Crippen LogP contribution in [0.4, 0.5) is 19.3 Å². The van der Waals surface area contributed by atoms with Crippen molar-refractivity contribution in [3.8, 4) is 5.75 Å². The molecule has 1 aromatic heterocycles. The monoisotopic (exact) mass is 387 g/mol. The second-order valence-corrected chi connectivity index (χ2v) is 7.26. The molecule has 4 rings (SSSR count). The number of cyclic esters (lactones) is 1. The fraction of sp³-hybridized carbons (Fsp3) is 0.300. The van der Waals surface area contributed by atoms with Crippen molar-refractivity contribution in [1.82, 2.24) is 9.97 Å². The zero-order valence-corrected chi connectivity index (χ0v) is 15.4. The molecule has 2 aromatic carbocycles. The molecule has 1 saturated heterocycles. The Labute approximate surface area is 160 Å². The third-order valence-corrected chi connectivity index (χ3v) is 4.47. The van der Waals surface area contributed by atoms with Gasteiger partial charge in [0.25, 0.3) is 0 Å². The highest BCUT2D eigenvalue weighted by molar-refractivity contribution is 5.93. The Balaban J connectivity index is 1.62. The Bertz CT molecular complexity index is 1030. The van der Waals surface area contributed by atoms with Crippen LogP contribution in [0, 0.1) is 5.82 Å². The summed E-state index contributed by atoms with van der Waals surface area (Å²) >= 11 is 0. The van der Waals surface area contributed by atoms with Crippen molar-refractivity contribution < 1.29 is 23.0 Å². The van der Waals surface area contributed by atoms with E-state index in [4.69, 9.17) is 9.47 Å². The van der Waals surface area contributed by atoms with Gasteiger partial charge >= 0.3 is 6.09 Å². The SMILES string of the molecule is CC(C)(F)COc1ccc([C@H]2COC(=O)N2c2ccc3nc[nH]c3c2)cc1F. The van der Waals surface area contributed by atoms with Gasteiger partial charge < -0.3 is 14.5 Å². The number of carbonyl (C=O) groups excluding carboxylic acids is 1. The Morgan fingerprint density at radius 2 is 2.14 bits per heavy atom. The van der Waals surface area contributed by atoms with E-state index in [9.17, 15) is 13.6 Å². The summed E-state index contributed by atoms with van der Waals surface area (Å²) in [6, 6.07) is 9.23. The number of imidazole rings is 1. The molecule has 2 heterocycles. The molecule has 0 spiro atoms. The Kier molecular flexibility index (Phi) is 4.41. The first-order chi connectivity index (χ1) is 13.3. The molecule has 0 aliphatic carbocycles. The molecule has 0 unspecified atom stereocenters. The number of fused-ring (bicyclic) bond motifs is 1. The molecule has 1 N–H and O–H groups in total. The third-order valence-electron chi connectivity index (χ3n) is 4.47. The number of anilines is 1. The number of amides is 1. The first-order valence-electron chi connectivity index (χ1n) is 8.82. The number of aromatic nitrogens is 2. The molecular formula is C20H19F2N3O3. The van der Waals surface area contributed by atoms with Crippen LogP contribution in [-0.4, -0.2) is 34.9 Å². The maximum Gasteiger partial charge on any atom is 0.415 e. The third kappa shape index (κ3) is 3.49. The molecule has 1 aliphatic heterocycles. The minimum absolute atomic E-state index is 0.0369. The van der Waals surface area contributed by atoms with Gasteiger partial charge in [-0.1, -0.05) is 6.07 Å². The number of H-pyrrole nitrogens is 1. The summed E-state index contributed by atoms with van der Waals surface area (Å²) in [7, 11) is 0. The van der Waals surface area contributed by atoms with Crippen LogP contribution in [0.3, 0.4) is 0 Å². The van der Waals surface area contributed by atoms with Gasteiger partial charge in [0.2, 0.25) is 0 Å². The van der Waals surface area contributed by atoms with E-state index in [1.54, 1.807) is 30.6 Å². The van der Waals surface area contributed by atoms with E-state index in [1.165, 1.54) is 30.9 Å². The fourth-order valence-corrected chi connectivity index (χ4v) is 3.12. The topological polar surface area (TPSA) is 67.5 Å². The lowest BCUT2D eigenvalue weighted by Gasteiger charge is -2.22. The van der Waals surface area contributed by atoms with E-state index in [2.05, 4.69) is 9.97 Å². The van der Waals surface area contributed by atoms with Crippen molar-refractivity contribution in [2.24, 2.45) is 0 Å². The number of hydrogen-bond acceptors (Lipinski definition) is 4. The van der Waals surface area contributed by atoms with Gasteiger partial charge in [0.1, 0.15) is 18.9 Å². The highest BCUT2D eigenvalue weighted by Crippen LogP contribution is 2.35. The second kappa shape index (κ2) is 6.78. The molecular weight excluding hydrogens is 368 g/mol. The number of carbonyl (C=O) groups is 1. The van der Waals surface area contributed by atoms with Crippen molar-refractivity contribution >= 4 is 22.8 Å². The number of alkyl halides is 1. The zero-order chi connectivity index (χ0) is 19.9. The van der Waals surface area contributed by atoms with Crippen molar-refractivity contribution in [3.63, 3.8) is 0 Å². The maximum absolute atomic E-state index is 14.5. The number of nitrogens with zero attached hydrogens (tertiary/aromatic N) is 2. The molecule has 6 nitrogen and oxygen atoms in total. The van der Waals surface area contributed by atoms with Gasteiger partial charge in [0.15, 0.2) is 11.6 Å². The summed E-state index contributed by atoms with van der Waals surface area (Å²) in [5.41, 5.74) is 1.15. The number of hydrogen-bond donors (Lipinski definition) is 1. The van der Waals surface area contributed by atoms with Crippen LogP contribution < -0.4 is 9.64 Å². The largest absolute Gasteiger partial charge is 0.487 e. The van der Waals surface area contributed by atoms with Gasteiger partial charge in [-0.3, -0.25) is 4.90 Å². The molecule has 146 valence electrons. The van der Waals surface area contributed by atoms with Gasteiger partial charge in [0, 0.05) is 0 Å². The van der Waals surface area contributed by atoms with E-state index < -0.39 is 23.6 Å². The number of aromatic amines is 1. The van der Waals surface area contributed by atoms with Crippen molar-refractivity contribution in [1.29, 1.82) is 0 Å². The molecule has 28 heavy (non-hydrogen) atoms. The second-order valence-electron chi connectivity index (χ2n) is 7.26. The number of benzene rings is 2. The highest BCUT2D eigenvalue weighted by Gasteiger charge is 2.36. The quantitative estimate of drug-likeness (QED) is 0.699. The smallest absolute Gasteiger partial charge is 0.415 e. The van der Waals surface area contributed by atoms with E-state index in [1.807, 2.05) is 0 Å². The average Bonchev–Trinajstić information content (AvgIpc) is 3.25. The number of halogens is 2. The van der Waals surface area contributed by atoms with Gasteiger partial charge in [0.05, 0.1) is 29.1 Å². The molecule has 0 saturated carbocycles. The Morgan fingerprint density at radius 1 is 1.32 bits per heavy atom. The normalized spacial score (nSPS) is 17.2. The lowest BCUT2D eigenvalue weighted by molar-refractivity contribution is 0.117. The van der Waals surface area contributed by atoms with Crippen LogP contribution in [0.2, 0.25) is 0 Å². The fourth-order valence-electron chi connectivity index (χ4n) is 3.12. The van der Waals surface area contributed by atoms with Crippen LogP contribution >= 0.6 is 0 Å². The summed E-state index contributed by atoms with van der Waals surface area (Å²) in [5, 5.41) is 0. The molecule has 0 bridgehead atoms. The molecule has 3 aromatic rings. The number of rotatable bonds is 5. The van der Waals surface area contributed by atoms with E-state index >= 15 is 0 Å². The minimum Gasteiger partial charge on any atom is -0.487 e. The summed E-state index contributed by atoms with van der Waals surface area (Å²) in [6.45, 7) is 2.55. The predicted molar refractivity (Wildman–Crippen MR) is 99.7 cm³/mol. The Morgan fingerprint density at radius 3 is 2.89 bits per heavy atom. The highest BCUT2D eigenvalue weighted by atomic mass is 19.1. The van der Waals surface area contributed by atoms with Crippen molar-refractivity contribution in [3.05, 3.63) is 54.1 Å². The van der Waals surface area contributed by atoms with Gasteiger partial charge in [-0.25, -0.2) is 18.6 Å². The first-order valence-corrected chi connectivity index (χ1v) is 8.82. The van der Waals surface area contributed by atoms with E-state index in [0.29, 0.717) is 11.3 Å². The summed E-state index contributed by atoms with van der Waals surface area (Å²) in [4.78, 5) is 20.9. The molecule has 1 atom stereocenters. The molecule has 1 amide bonds. The van der Waals surface area contributed by atoms with Crippen LogP contribution in [0.25, 0.3) is 11.0 Å². The predicted octanol–water partition coefficient (Wildman–Crippen LogP) is 4.53. The molecule has 0 radical (unpaired) electrons. The lowest BCUT2D eigenvalue weighted by Crippen LogP contribution is -2.27. The summed E-state index contributed by atoms with van der Waals surface area (Å²) in [6.07, 6.45) is 1.06. The number of ether oxygens (including phenoxy) is 2. The van der Waals surface area contributed by atoms with Gasteiger partial charge in [-0.05, 0) is 49.7 Å². The van der Waals surface area contributed by atoms with Gasteiger partial charge in [-0.15, -0.1) is 0 Å². The number of nitrogens with one attached hydrogen (secondary N) is 1. The average molecular weight is 387 g/mol. The van der Waals surface area contributed by atoms with Crippen LogP contribution in [0.1, 0.15) is 25.5 Å². The van der Waals surface area contributed by atoms with E-state index in [0.717, 1.165) is 11.0 Å². The van der Waals surface area contributed by atoms with Crippen LogP contribution in [0.15, 0.2) is 42.7 Å². The molecule has 1 aliphatic rings. The van der Waals surface area contributed by atoms with Crippen molar-refractivity contribution in [2.45, 2.75) is 25.6 Å². The first kappa shape index (κ1) is 18.2. The lowest BCUT2D eigenvalue weighted by atomic mass is 10.1. The standard InChI is InChI=1S/C20H19F2N3O3/c1-20(2,22)10-28-18-6-3-12(7-14(18)21)17-9-27-19(26)25(17)13-4-5-15-16(8-13)24-11-23-15/h3-8,11,17H,9-10H2,1-2H3,(H,23,24)/t17-/m1/s1. The van der Waals surface area contributed by atoms with E-state index in [-0.39, 0.29) is 19.0 Å². The van der Waals surface area contributed by atoms with Crippen LogP contribution in [0.5, 0.6) is 5.75 Å². The van der Waals surface area contributed by atoms with Gasteiger partial charge in [-0.2, -0.15) is 0 Å². The molecule has 8 heteroatoms. The maximum atomic E-state index is 14.5.